The molecule has 3 rings (SSSR count). The maximum Gasteiger partial charge on any atom is 0.182 e. The topological polar surface area (TPSA) is 80.4 Å². The summed E-state index contributed by atoms with van der Waals surface area (Å²) in [6.45, 7) is -0.166. The molecule has 2 aromatic rings. The first-order valence-electron chi connectivity index (χ1n) is 7.33. The molecule has 0 amide bonds. The molecule has 0 bridgehead atoms. The number of nitrogens with two attached hydrogens (primary N) is 1. The molecule has 0 unspecified atom stereocenters. The number of aliphatic hydroxyl groups is 1. The van der Waals surface area contributed by atoms with Gasteiger partial charge in [0.2, 0.25) is 0 Å². The highest BCUT2D eigenvalue weighted by Gasteiger charge is 2.70. The van der Waals surface area contributed by atoms with E-state index in [2.05, 4.69) is 0 Å². The molecule has 1 fully saturated rings. The molecule has 0 saturated heterocycles. The fourth-order valence-electron chi connectivity index (χ4n) is 3.37. The summed E-state index contributed by atoms with van der Waals surface area (Å²) in [6.07, 6.45) is 0. The fourth-order valence-corrected chi connectivity index (χ4v) is 5.97. The first kappa shape index (κ1) is 16.5. The summed E-state index contributed by atoms with van der Waals surface area (Å²) in [6, 6.07) is 15.3. The number of halogens is 1. The molecule has 0 aliphatic heterocycles. The number of sulfone groups is 1. The van der Waals surface area contributed by atoms with Gasteiger partial charge in [0.1, 0.15) is 0 Å². The van der Waals surface area contributed by atoms with Crippen molar-refractivity contribution in [3.05, 3.63) is 65.2 Å². The smallest absolute Gasteiger partial charge is 0.182 e. The number of rotatable bonds is 5. The van der Waals surface area contributed by atoms with Gasteiger partial charge in [-0.3, -0.25) is 0 Å². The Morgan fingerprint density at radius 2 is 1.70 bits per heavy atom. The van der Waals surface area contributed by atoms with Gasteiger partial charge in [-0.25, -0.2) is 8.42 Å². The molecule has 1 saturated carbocycles. The molecule has 6 heteroatoms. The van der Waals surface area contributed by atoms with E-state index >= 15 is 0 Å². The van der Waals surface area contributed by atoms with Gasteiger partial charge in [-0.1, -0.05) is 41.9 Å². The SMILES string of the molecule is NC[C@@]1(CO)[C@H](c2ccc(Cl)cc2)[C@@H]1S(=O)(=O)c1ccccc1. The number of benzene rings is 2. The second kappa shape index (κ2) is 5.91. The summed E-state index contributed by atoms with van der Waals surface area (Å²) in [5, 5.41) is 9.71. The van der Waals surface area contributed by atoms with E-state index in [4.69, 9.17) is 17.3 Å². The Balaban J connectivity index is 2.05. The van der Waals surface area contributed by atoms with Crippen molar-refractivity contribution in [1.29, 1.82) is 0 Å². The van der Waals surface area contributed by atoms with Gasteiger partial charge in [-0.05, 0) is 29.8 Å². The van der Waals surface area contributed by atoms with E-state index in [9.17, 15) is 13.5 Å². The maximum atomic E-state index is 13.0. The lowest BCUT2D eigenvalue weighted by atomic mass is 10.0. The highest BCUT2D eigenvalue weighted by Crippen LogP contribution is 2.63. The van der Waals surface area contributed by atoms with Crippen LogP contribution in [0.25, 0.3) is 0 Å². The zero-order chi connectivity index (χ0) is 16.7. The standard InChI is InChI=1S/C17H18ClNO3S/c18-13-8-6-12(7-9-13)15-16(17(15,10-19)11-20)23(21,22)14-4-2-1-3-5-14/h1-9,15-16,20H,10-11,19H2/t15-,16+,17-/m1/s1. The van der Waals surface area contributed by atoms with E-state index in [0.29, 0.717) is 5.02 Å². The third kappa shape index (κ3) is 2.58. The van der Waals surface area contributed by atoms with Crippen molar-refractivity contribution in [2.24, 2.45) is 11.1 Å². The maximum absolute atomic E-state index is 13.0. The molecule has 0 radical (unpaired) electrons. The van der Waals surface area contributed by atoms with Gasteiger partial charge >= 0.3 is 0 Å². The van der Waals surface area contributed by atoms with Crippen LogP contribution in [-0.2, 0) is 9.84 Å². The molecule has 3 atom stereocenters. The average molecular weight is 352 g/mol. The summed E-state index contributed by atoms with van der Waals surface area (Å²) >= 11 is 5.91. The second-order valence-corrected chi connectivity index (χ2v) is 8.41. The highest BCUT2D eigenvalue weighted by molar-refractivity contribution is 7.92. The van der Waals surface area contributed by atoms with Gasteiger partial charge in [-0.2, -0.15) is 0 Å². The molecule has 0 spiro atoms. The van der Waals surface area contributed by atoms with Gasteiger partial charge in [-0.15, -0.1) is 0 Å². The molecule has 1 aliphatic carbocycles. The Kier molecular flexibility index (Phi) is 4.23. The van der Waals surface area contributed by atoms with Crippen molar-refractivity contribution in [1.82, 2.24) is 0 Å². The van der Waals surface area contributed by atoms with Crippen LogP contribution in [0.3, 0.4) is 0 Å². The molecule has 0 heterocycles. The van der Waals surface area contributed by atoms with Crippen LogP contribution in [0, 0.1) is 5.41 Å². The predicted molar refractivity (Wildman–Crippen MR) is 90.2 cm³/mol. The lowest BCUT2D eigenvalue weighted by Crippen LogP contribution is -2.27. The molecule has 3 N–H and O–H groups in total. The van der Waals surface area contributed by atoms with E-state index in [1.54, 1.807) is 54.6 Å². The zero-order valence-corrected chi connectivity index (χ0v) is 14.0. The summed E-state index contributed by atoms with van der Waals surface area (Å²) in [5.41, 5.74) is 5.84. The number of hydrogen-bond acceptors (Lipinski definition) is 4. The first-order chi connectivity index (χ1) is 11.0. The van der Waals surface area contributed by atoms with Crippen molar-refractivity contribution in [3.8, 4) is 0 Å². The van der Waals surface area contributed by atoms with Crippen molar-refractivity contribution in [2.75, 3.05) is 13.2 Å². The Labute approximate surface area is 140 Å². The molecule has 2 aromatic carbocycles. The van der Waals surface area contributed by atoms with Crippen LogP contribution < -0.4 is 5.73 Å². The summed E-state index contributed by atoms with van der Waals surface area (Å²) in [4.78, 5) is 0.257. The van der Waals surface area contributed by atoms with E-state index in [-0.39, 0.29) is 24.0 Å². The van der Waals surface area contributed by atoms with Crippen LogP contribution in [0.4, 0.5) is 0 Å². The third-order valence-corrected chi connectivity index (χ3v) is 7.28. The zero-order valence-electron chi connectivity index (χ0n) is 12.4. The molecule has 1 aliphatic rings. The molecule has 122 valence electrons. The van der Waals surface area contributed by atoms with Crippen molar-refractivity contribution < 1.29 is 13.5 Å². The Hall–Kier alpha value is -1.40. The molecular formula is C17H18ClNO3S. The summed E-state index contributed by atoms with van der Waals surface area (Å²) in [7, 11) is -3.58. The minimum absolute atomic E-state index is 0.105. The Bertz CT molecular complexity index is 786. The van der Waals surface area contributed by atoms with Gasteiger partial charge in [0.25, 0.3) is 0 Å². The molecular weight excluding hydrogens is 334 g/mol. The monoisotopic (exact) mass is 351 g/mol. The van der Waals surface area contributed by atoms with Crippen LogP contribution in [-0.4, -0.2) is 31.9 Å². The van der Waals surface area contributed by atoms with E-state index in [1.165, 1.54) is 0 Å². The minimum atomic E-state index is -3.58. The van der Waals surface area contributed by atoms with Gasteiger partial charge in [0, 0.05) is 22.9 Å². The van der Waals surface area contributed by atoms with Gasteiger partial charge in [0.05, 0.1) is 16.8 Å². The van der Waals surface area contributed by atoms with Gasteiger partial charge in [0.15, 0.2) is 9.84 Å². The van der Waals surface area contributed by atoms with E-state index in [1.807, 2.05) is 0 Å². The minimum Gasteiger partial charge on any atom is -0.396 e. The molecule has 23 heavy (non-hydrogen) atoms. The quantitative estimate of drug-likeness (QED) is 0.865. The molecule has 0 aromatic heterocycles. The third-order valence-electron chi connectivity index (χ3n) is 4.69. The van der Waals surface area contributed by atoms with Crippen molar-refractivity contribution in [3.63, 3.8) is 0 Å². The largest absolute Gasteiger partial charge is 0.396 e. The highest BCUT2D eigenvalue weighted by atomic mass is 35.5. The van der Waals surface area contributed by atoms with Crippen LogP contribution in [0.15, 0.2) is 59.5 Å². The van der Waals surface area contributed by atoms with E-state index in [0.717, 1.165) is 5.56 Å². The van der Waals surface area contributed by atoms with E-state index < -0.39 is 20.5 Å². The van der Waals surface area contributed by atoms with Crippen LogP contribution >= 0.6 is 11.6 Å². The van der Waals surface area contributed by atoms with Crippen LogP contribution in [0.2, 0.25) is 5.02 Å². The number of hydrogen-bond donors (Lipinski definition) is 2. The predicted octanol–water partition coefficient (Wildman–Crippen LogP) is 2.22. The fraction of sp³-hybridized carbons (Fsp3) is 0.294. The second-order valence-electron chi connectivity index (χ2n) is 5.90. The van der Waals surface area contributed by atoms with Crippen LogP contribution in [0.1, 0.15) is 11.5 Å². The van der Waals surface area contributed by atoms with Gasteiger partial charge < -0.3 is 10.8 Å². The lowest BCUT2D eigenvalue weighted by Gasteiger charge is -2.12. The first-order valence-corrected chi connectivity index (χ1v) is 9.25. The average Bonchev–Trinajstić information content (AvgIpc) is 3.27. The van der Waals surface area contributed by atoms with Crippen molar-refractivity contribution in [2.45, 2.75) is 16.1 Å². The summed E-state index contributed by atoms with van der Waals surface area (Å²) < 4.78 is 26.0. The Morgan fingerprint density at radius 3 is 2.22 bits per heavy atom. The lowest BCUT2D eigenvalue weighted by molar-refractivity contribution is 0.212. The van der Waals surface area contributed by atoms with Crippen molar-refractivity contribution >= 4 is 21.4 Å². The summed E-state index contributed by atoms with van der Waals surface area (Å²) in [5.74, 6) is -0.333. The number of aliphatic hydroxyl groups excluding tert-OH is 1. The molecule has 4 nitrogen and oxygen atoms in total. The van der Waals surface area contributed by atoms with Crippen LogP contribution in [0.5, 0.6) is 0 Å². The normalized spacial score (nSPS) is 26.9. The Morgan fingerprint density at radius 1 is 1.09 bits per heavy atom.